The summed E-state index contributed by atoms with van der Waals surface area (Å²) in [6.07, 6.45) is 3.52. The number of pyridine rings is 1. The highest BCUT2D eigenvalue weighted by Gasteiger charge is 2.10. The van der Waals surface area contributed by atoms with Crippen LogP contribution in [-0.4, -0.2) is 17.2 Å². The topological polar surface area (TPSA) is 42.4 Å². The number of hydrogen-bond acceptors (Lipinski definition) is 3. The summed E-state index contributed by atoms with van der Waals surface area (Å²) in [5, 5.41) is 10.2. The molecule has 1 atom stereocenters. The van der Waals surface area contributed by atoms with Gasteiger partial charge in [-0.15, -0.1) is 0 Å². The minimum absolute atomic E-state index is 0.538. The van der Waals surface area contributed by atoms with Gasteiger partial charge in [0.2, 0.25) is 0 Å². The predicted octanol–water partition coefficient (Wildman–Crippen LogP) is 2.67. The van der Waals surface area contributed by atoms with Crippen molar-refractivity contribution >= 4 is 0 Å². The van der Waals surface area contributed by atoms with Crippen LogP contribution >= 0.6 is 0 Å². The molecule has 1 N–H and O–H groups in total. The van der Waals surface area contributed by atoms with Crippen LogP contribution in [0.3, 0.4) is 0 Å². The molecule has 94 valence electrons. The minimum atomic E-state index is -0.538. The normalized spacial score (nSPS) is 12.2. The zero-order chi connectivity index (χ0) is 13.0. The maximum atomic E-state index is 10.2. The van der Waals surface area contributed by atoms with Gasteiger partial charge in [0.15, 0.2) is 0 Å². The average molecular weight is 243 g/mol. The Balaban J connectivity index is 2.16. The number of benzene rings is 1. The quantitative estimate of drug-likeness (QED) is 0.897. The Labute approximate surface area is 107 Å². The van der Waals surface area contributed by atoms with E-state index in [1.807, 2.05) is 37.3 Å². The Morgan fingerprint density at radius 2 is 2.17 bits per heavy atom. The van der Waals surface area contributed by atoms with Crippen molar-refractivity contribution in [2.45, 2.75) is 19.4 Å². The Hall–Kier alpha value is -1.87. The van der Waals surface area contributed by atoms with E-state index in [2.05, 4.69) is 4.98 Å². The van der Waals surface area contributed by atoms with Crippen LogP contribution in [0.15, 0.2) is 42.7 Å². The Morgan fingerprint density at radius 1 is 1.33 bits per heavy atom. The van der Waals surface area contributed by atoms with Crippen LogP contribution in [0.1, 0.15) is 22.8 Å². The van der Waals surface area contributed by atoms with Gasteiger partial charge in [0.1, 0.15) is 5.75 Å². The van der Waals surface area contributed by atoms with Crippen LogP contribution in [-0.2, 0) is 6.42 Å². The summed E-state index contributed by atoms with van der Waals surface area (Å²) >= 11 is 0. The van der Waals surface area contributed by atoms with Gasteiger partial charge in [0.25, 0.3) is 0 Å². The summed E-state index contributed by atoms with van der Waals surface area (Å²) in [5.74, 6) is 0.803. The van der Waals surface area contributed by atoms with Crippen LogP contribution in [0.5, 0.6) is 5.75 Å². The number of ether oxygens (including phenoxy) is 1. The maximum Gasteiger partial charge on any atom is 0.122 e. The number of methoxy groups -OCH3 is 1. The maximum absolute atomic E-state index is 10.2. The highest BCUT2D eigenvalue weighted by Crippen LogP contribution is 2.25. The van der Waals surface area contributed by atoms with E-state index in [1.54, 1.807) is 19.5 Å². The first-order valence-electron chi connectivity index (χ1n) is 5.92. The van der Waals surface area contributed by atoms with Crippen LogP contribution in [0.4, 0.5) is 0 Å². The largest absolute Gasteiger partial charge is 0.496 e. The fourth-order valence-corrected chi connectivity index (χ4v) is 1.90. The van der Waals surface area contributed by atoms with Gasteiger partial charge in [-0.05, 0) is 35.7 Å². The molecule has 3 heteroatoms. The molecule has 1 unspecified atom stereocenters. The van der Waals surface area contributed by atoms with E-state index in [4.69, 9.17) is 4.74 Å². The van der Waals surface area contributed by atoms with Crippen molar-refractivity contribution in [1.29, 1.82) is 0 Å². The SMILES string of the molecule is COc1cc(C(O)Cc2cccnc2)ccc1C. The Kier molecular flexibility index (Phi) is 3.95. The van der Waals surface area contributed by atoms with Crippen LogP contribution in [0.25, 0.3) is 0 Å². The first-order chi connectivity index (χ1) is 8.70. The van der Waals surface area contributed by atoms with Crippen molar-refractivity contribution < 1.29 is 9.84 Å². The average Bonchev–Trinajstić information content (AvgIpc) is 2.40. The molecule has 0 fully saturated rings. The molecule has 0 bridgehead atoms. The van der Waals surface area contributed by atoms with Gasteiger partial charge in [0, 0.05) is 18.8 Å². The van der Waals surface area contributed by atoms with Crippen molar-refractivity contribution in [1.82, 2.24) is 4.98 Å². The first-order valence-corrected chi connectivity index (χ1v) is 5.92. The van der Waals surface area contributed by atoms with Crippen molar-refractivity contribution in [3.05, 3.63) is 59.4 Å². The Bertz CT molecular complexity index is 511. The lowest BCUT2D eigenvalue weighted by Crippen LogP contribution is -2.03. The molecule has 0 aliphatic heterocycles. The molecule has 0 aliphatic rings. The van der Waals surface area contributed by atoms with E-state index < -0.39 is 6.10 Å². The smallest absolute Gasteiger partial charge is 0.122 e. The molecule has 1 heterocycles. The molecular weight excluding hydrogens is 226 g/mol. The summed E-state index contributed by atoms with van der Waals surface area (Å²) in [6, 6.07) is 9.61. The summed E-state index contributed by atoms with van der Waals surface area (Å²) in [4.78, 5) is 4.04. The van der Waals surface area contributed by atoms with E-state index in [9.17, 15) is 5.11 Å². The molecular formula is C15H17NO2. The van der Waals surface area contributed by atoms with Gasteiger partial charge in [-0.1, -0.05) is 18.2 Å². The molecule has 0 radical (unpaired) electrons. The summed E-state index contributed by atoms with van der Waals surface area (Å²) in [7, 11) is 1.64. The van der Waals surface area contributed by atoms with Gasteiger partial charge in [0.05, 0.1) is 13.2 Å². The highest BCUT2D eigenvalue weighted by molar-refractivity contribution is 5.37. The number of aryl methyl sites for hydroxylation is 1. The second-order valence-electron chi connectivity index (χ2n) is 4.31. The van der Waals surface area contributed by atoms with E-state index in [0.717, 1.165) is 22.4 Å². The van der Waals surface area contributed by atoms with Crippen LogP contribution < -0.4 is 4.74 Å². The first kappa shape index (κ1) is 12.6. The predicted molar refractivity (Wildman–Crippen MR) is 70.6 cm³/mol. The monoisotopic (exact) mass is 243 g/mol. The third kappa shape index (κ3) is 2.87. The third-order valence-corrected chi connectivity index (χ3v) is 2.97. The molecule has 0 aliphatic carbocycles. The lowest BCUT2D eigenvalue weighted by atomic mass is 10.0. The van der Waals surface area contributed by atoms with Gasteiger partial charge in [-0.2, -0.15) is 0 Å². The molecule has 3 nitrogen and oxygen atoms in total. The second-order valence-corrected chi connectivity index (χ2v) is 4.31. The van der Waals surface area contributed by atoms with Crippen LogP contribution in [0, 0.1) is 6.92 Å². The Morgan fingerprint density at radius 3 is 2.83 bits per heavy atom. The van der Waals surface area contributed by atoms with Gasteiger partial charge in [-0.25, -0.2) is 0 Å². The fraction of sp³-hybridized carbons (Fsp3) is 0.267. The zero-order valence-corrected chi connectivity index (χ0v) is 10.6. The number of aromatic nitrogens is 1. The lowest BCUT2D eigenvalue weighted by molar-refractivity contribution is 0.178. The van der Waals surface area contributed by atoms with Crippen molar-refractivity contribution in [3.8, 4) is 5.75 Å². The van der Waals surface area contributed by atoms with Gasteiger partial charge >= 0.3 is 0 Å². The van der Waals surface area contributed by atoms with Gasteiger partial charge < -0.3 is 9.84 Å². The number of hydrogen-bond donors (Lipinski definition) is 1. The molecule has 0 amide bonds. The molecule has 2 rings (SSSR count). The van der Waals surface area contributed by atoms with Crippen molar-refractivity contribution in [2.24, 2.45) is 0 Å². The molecule has 1 aromatic heterocycles. The molecule has 0 spiro atoms. The van der Waals surface area contributed by atoms with Crippen molar-refractivity contribution in [2.75, 3.05) is 7.11 Å². The number of rotatable bonds is 4. The van der Waals surface area contributed by atoms with E-state index in [-0.39, 0.29) is 0 Å². The molecule has 0 saturated carbocycles. The summed E-state index contributed by atoms with van der Waals surface area (Å²) < 4.78 is 5.26. The summed E-state index contributed by atoms with van der Waals surface area (Å²) in [6.45, 7) is 1.98. The van der Waals surface area contributed by atoms with E-state index >= 15 is 0 Å². The molecule has 0 saturated heterocycles. The van der Waals surface area contributed by atoms with E-state index in [0.29, 0.717) is 6.42 Å². The number of aliphatic hydroxyl groups excluding tert-OH is 1. The highest BCUT2D eigenvalue weighted by atomic mass is 16.5. The number of aliphatic hydroxyl groups is 1. The van der Waals surface area contributed by atoms with Crippen LogP contribution in [0.2, 0.25) is 0 Å². The second kappa shape index (κ2) is 5.65. The third-order valence-electron chi connectivity index (χ3n) is 2.97. The lowest BCUT2D eigenvalue weighted by Gasteiger charge is -2.13. The summed E-state index contributed by atoms with van der Waals surface area (Å²) in [5.41, 5.74) is 2.95. The molecule has 1 aromatic carbocycles. The zero-order valence-electron chi connectivity index (χ0n) is 10.6. The van der Waals surface area contributed by atoms with Crippen molar-refractivity contribution in [3.63, 3.8) is 0 Å². The standard InChI is InChI=1S/C15H17NO2/c1-11-5-6-13(9-15(11)18-2)14(17)8-12-4-3-7-16-10-12/h3-7,9-10,14,17H,8H2,1-2H3. The molecule has 18 heavy (non-hydrogen) atoms. The fourth-order valence-electron chi connectivity index (χ4n) is 1.90. The molecule has 2 aromatic rings. The van der Waals surface area contributed by atoms with E-state index in [1.165, 1.54) is 0 Å². The number of nitrogens with zero attached hydrogens (tertiary/aromatic N) is 1. The van der Waals surface area contributed by atoms with Gasteiger partial charge in [-0.3, -0.25) is 4.98 Å². The minimum Gasteiger partial charge on any atom is -0.496 e.